The zero-order chi connectivity index (χ0) is 11.7. The largest absolute Gasteiger partial charge is 0.387 e. The van der Waals surface area contributed by atoms with Crippen LogP contribution in [-0.2, 0) is 0 Å². The summed E-state index contributed by atoms with van der Waals surface area (Å²) in [7, 11) is 0. The number of benzene rings is 1. The van der Waals surface area contributed by atoms with Gasteiger partial charge in [0.25, 0.3) is 0 Å². The maximum Gasteiger partial charge on any atom is 0.0942 e. The third kappa shape index (κ3) is 2.63. The van der Waals surface area contributed by atoms with Gasteiger partial charge in [0.1, 0.15) is 0 Å². The highest BCUT2D eigenvalue weighted by molar-refractivity contribution is 5.32. The SMILES string of the molecule is Cc1ccc(C)c(C(O)C(C)NC2CC2)c1. The van der Waals surface area contributed by atoms with E-state index in [0.717, 1.165) is 5.56 Å². The first-order valence-electron chi connectivity index (χ1n) is 6.09. The average Bonchev–Trinajstić information content (AvgIpc) is 3.04. The Morgan fingerprint density at radius 3 is 2.62 bits per heavy atom. The summed E-state index contributed by atoms with van der Waals surface area (Å²) in [6.45, 7) is 6.18. The van der Waals surface area contributed by atoms with Gasteiger partial charge in [0.15, 0.2) is 0 Å². The summed E-state index contributed by atoms with van der Waals surface area (Å²) < 4.78 is 0. The summed E-state index contributed by atoms with van der Waals surface area (Å²) in [5, 5.41) is 13.8. The van der Waals surface area contributed by atoms with Crippen molar-refractivity contribution in [1.82, 2.24) is 5.32 Å². The van der Waals surface area contributed by atoms with Crippen molar-refractivity contribution < 1.29 is 5.11 Å². The van der Waals surface area contributed by atoms with Gasteiger partial charge in [-0.2, -0.15) is 0 Å². The Hall–Kier alpha value is -0.860. The Morgan fingerprint density at radius 2 is 2.00 bits per heavy atom. The fraction of sp³-hybridized carbons (Fsp3) is 0.571. The molecule has 0 aromatic heterocycles. The molecule has 0 radical (unpaired) electrons. The van der Waals surface area contributed by atoms with Gasteiger partial charge in [-0.05, 0) is 44.7 Å². The minimum absolute atomic E-state index is 0.132. The fourth-order valence-electron chi connectivity index (χ4n) is 2.06. The molecule has 1 aromatic carbocycles. The highest BCUT2D eigenvalue weighted by Crippen LogP contribution is 2.25. The van der Waals surface area contributed by atoms with Crippen molar-refractivity contribution in [3.05, 3.63) is 34.9 Å². The van der Waals surface area contributed by atoms with Gasteiger partial charge in [0.05, 0.1) is 6.10 Å². The van der Waals surface area contributed by atoms with Gasteiger partial charge in [0.2, 0.25) is 0 Å². The molecule has 2 heteroatoms. The van der Waals surface area contributed by atoms with Gasteiger partial charge in [0, 0.05) is 12.1 Å². The zero-order valence-corrected chi connectivity index (χ0v) is 10.3. The molecule has 1 fully saturated rings. The van der Waals surface area contributed by atoms with Crippen LogP contribution in [0.1, 0.15) is 42.6 Å². The Balaban J connectivity index is 2.11. The molecule has 1 aliphatic carbocycles. The lowest BCUT2D eigenvalue weighted by Gasteiger charge is -2.22. The van der Waals surface area contributed by atoms with Crippen molar-refractivity contribution in [3.63, 3.8) is 0 Å². The molecule has 2 nitrogen and oxygen atoms in total. The van der Waals surface area contributed by atoms with Crippen LogP contribution < -0.4 is 5.32 Å². The highest BCUT2D eigenvalue weighted by Gasteiger charge is 2.26. The summed E-state index contributed by atoms with van der Waals surface area (Å²) in [5.74, 6) is 0. The monoisotopic (exact) mass is 219 g/mol. The van der Waals surface area contributed by atoms with Gasteiger partial charge in [-0.3, -0.25) is 0 Å². The third-order valence-electron chi connectivity index (χ3n) is 3.30. The number of hydrogen-bond donors (Lipinski definition) is 2. The molecule has 1 aliphatic rings. The number of aliphatic hydroxyl groups is 1. The zero-order valence-electron chi connectivity index (χ0n) is 10.3. The average molecular weight is 219 g/mol. The number of aliphatic hydroxyl groups excluding tert-OH is 1. The molecule has 2 unspecified atom stereocenters. The molecule has 88 valence electrons. The molecule has 1 saturated carbocycles. The third-order valence-corrected chi connectivity index (χ3v) is 3.30. The summed E-state index contributed by atoms with van der Waals surface area (Å²) >= 11 is 0. The van der Waals surface area contributed by atoms with E-state index in [1.165, 1.54) is 24.0 Å². The van der Waals surface area contributed by atoms with E-state index in [0.29, 0.717) is 6.04 Å². The van der Waals surface area contributed by atoms with Crippen molar-refractivity contribution in [3.8, 4) is 0 Å². The van der Waals surface area contributed by atoms with E-state index >= 15 is 0 Å². The molecule has 1 aromatic rings. The first kappa shape index (κ1) is 11.6. The summed E-state index contributed by atoms with van der Waals surface area (Å²) in [6, 6.07) is 7.02. The van der Waals surface area contributed by atoms with Crippen molar-refractivity contribution >= 4 is 0 Å². The first-order chi connectivity index (χ1) is 7.58. The molecule has 0 amide bonds. The van der Waals surface area contributed by atoms with Crippen molar-refractivity contribution in [2.75, 3.05) is 0 Å². The summed E-state index contributed by atoms with van der Waals surface area (Å²) in [4.78, 5) is 0. The smallest absolute Gasteiger partial charge is 0.0942 e. The van der Waals surface area contributed by atoms with Crippen LogP contribution >= 0.6 is 0 Å². The quantitative estimate of drug-likeness (QED) is 0.815. The Kier molecular flexibility index (Phi) is 3.31. The van der Waals surface area contributed by atoms with E-state index in [-0.39, 0.29) is 6.04 Å². The van der Waals surface area contributed by atoms with E-state index in [2.05, 4.69) is 44.3 Å². The van der Waals surface area contributed by atoms with Crippen LogP contribution in [0.15, 0.2) is 18.2 Å². The van der Waals surface area contributed by atoms with E-state index in [9.17, 15) is 5.11 Å². The van der Waals surface area contributed by atoms with Crippen molar-refractivity contribution in [2.45, 2.75) is 51.8 Å². The minimum Gasteiger partial charge on any atom is -0.387 e. The topological polar surface area (TPSA) is 32.3 Å². The summed E-state index contributed by atoms with van der Waals surface area (Å²) in [5.41, 5.74) is 3.43. The lowest BCUT2D eigenvalue weighted by atomic mass is 9.97. The van der Waals surface area contributed by atoms with E-state index in [1.54, 1.807) is 0 Å². The molecule has 0 saturated heterocycles. The first-order valence-corrected chi connectivity index (χ1v) is 6.09. The Labute approximate surface area is 97.7 Å². The maximum absolute atomic E-state index is 10.3. The molecule has 2 atom stereocenters. The Morgan fingerprint density at radius 1 is 1.31 bits per heavy atom. The van der Waals surface area contributed by atoms with E-state index in [1.807, 2.05) is 0 Å². The van der Waals surface area contributed by atoms with Crippen LogP contribution in [0.3, 0.4) is 0 Å². The predicted molar refractivity (Wildman–Crippen MR) is 66.5 cm³/mol. The van der Waals surface area contributed by atoms with Gasteiger partial charge in [-0.25, -0.2) is 0 Å². The summed E-state index contributed by atoms with van der Waals surface area (Å²) in [6.07, 6.45) is 2.11. The molecule has 2 N–H and O–H groups in total. The molecule has 2 rings (SSSR count). The second-order valence-corrected chi connectivity index (χ2v) is 5.03. The van der Waals surface area contributed by atoms with Crippen LogP contribution in [0.5, 0.6) is 0 Å². The lowest BCUT2D eigenvalue weighted by Crippen LogP contribution is -2.34. The van der Waals surface area contributed by atoms with Crippen LogP contribution in [0.25, 0.3) is 0 Å². The number of nitrogens with one attached hydrogen (secondary N) is 1. The van der Waals surface area contributed by atoms with Gasteiger partial charge in [-0.1, -0.05) is 23.8 Å². The standard InChI is InChI=1S/C14H21NO/c1-9-4-5-10(2)13(8-9)14(16)11(3)15-12-6-7-12/h4-5,8,11-12,14-16H,6-7H2,1-3H3. The van der Waals surface area contributed by atoms with Crippen LogP contribution in [-0.4, -0.2) is 17.2 Å². The van der Waals surface area contributed by atoms with Crippen molar-refractivity contribution in [1.29, 1.82) is 0 Å². The highest BCUT2D eigenvalue weighted by atomic mass is 16.3. The van der Waals surface area contributed by atoms with E-state index in [4.69, 9.17) is 0 Å². The molecule has 0 heterocycles. The fourth-order valence-corrected chi connectivity index (χ4v) is 2.06. The van der Waals surface area contributed by atoms with Gasteiger partial charge >= 0.3 is 0 Å². The van der Waals surface area contributed by atoms with Crippen LogP contribution in [0.4, 0.5) is 0 Å². The van der Waals surface area contributed by atoms with Gasteiger partial charge < -0.3 is 10.4 Å². The van der Waals surface area contributed by atoms with Crippen LogP contribution in [0.2, 0.25) is 0 Å². The second-order valence-electron chi connectivity index (χ2n) is 5.03. The number of hydrogen-bond acceptors (Lipinski definition) is 2. The number of rotatable bonds is 4. The van der Waals surface area contributed by atoms with Gasteiger partial charge in [-0.15, -0.1) is 0 Å². The maximum atomic E-state index is 10.3. The Bertz CT molecular complexity index is 371. The van der Waals surface area contributed by atoms with Crippen LogP contribution in [0, 0.1) is 13.8 Å². The minimum atomic E-state index is -0.402. The predicted octanol–water partition coefficient (Wildman–Crippen LogP) is 2.48. The molecule has 0 aliphatic heterocycles. The second kappa shape index (κ2) is 4.56. The lowest BCUT2D eigenvalue weighted by molar-refractivity contribution is 0.134. The molecular weight excluding hydrogens is 198 g/mol. The normalized spacial score (nSPS) is 19.5. The molecule has 0 bridgehead atoms. The number of aryl methyl sites for hydroxylation is 2. The molecular formula is C14H21NO. The molecule has 16 heavy (non-hydrogen) atoms. The van der Waals surface area contributed by atoms with Crippen molar-refractivity contribution in [2.24, 2.45) is 0 Å². The molecule has 0 spiro atoms. The van der Waals surface area contributed by atoms with E-state index < -0.39 is 6.10 Å².